The molecule has 1 aromatic carbocycles. The van der Waals surface area contributed by atoms with Gasteiger partial charge in [0.25, 0.3) is 5.69 Å². The molecule has 0 aliphatic carbocycles. The molecular formula is C9H8ClNO4. The number of halogens is 1. The van der Waals surface area contributed by atoms with Crippen LogP contribution in [0, 0.1) is 17.0 Å². The van der Waals surface area contributed by atoms with E-state index in [1.165, 1.54) is 19.2 Å². The van der Waals surface area contributed by atoms with Crippen LogP contribution < -0.4 is 0 Å². The van der Waals surface area contributed by atoms with E-state index in [0.29, 0.717) is 5.56 Å². The number of esters is 1. The molecule has 1 aromatic rings. The topological polar surface area (TPSA) is 69.4 Å². The molecule has 0 bridgehead atoms. The SMILES string of the molecule is COC(=O)c1ccc(C)c([N+](=O)[O-])c1Cl. The lowest BCUT2D eigenvalue weighted by atomic mass is 10.1. The van der Waals surface area contributed by atoms with Crippen molar-refractivity contribution in [2.45, 2.75) is 6.92 Å². The third kappa shape index (κ3) is 2.07. The van der Waals surface area contributed by atoms with Gasteiger partial charge in [0.05, 0.1) is 17.6 Å². The van der Waals surface area contributed by atoms with E-state index in [4.69, 9.17) is 11.6 Å². The first kappa shape index (κ1) is 11.5. The fourth-order valence-electron chi connectivity index (χ4n) is 1.15. The summed E-state index contributed by atoms with van der Waals surface area (Å²) >= 11 is 5.74. The molecule has 0 amide bonds. The Morgan fingerprint density at radius 1 is 1.53 bits per heavy atom. The second kappa shape index (κ2) is 4.27. The monoisotopic (exact) mass is 229 g/mol. The third-order valence-electron chi connectivity index (χ3n) is 1.91. The minimum absolute atomic E-state index is 0.00327. The number of carbonyl (C=O) groups excluding carboxylic acids is 1. The number of carbonyl (C=O) groups is 1. The van der Waals surface area contributed by atoms with Crippen molar-refractivity contribution in [3.8, 4) is 0 Å². The van der Waals surface area contributed by atoms with Crippen LogP contribution in [0.15, 0.2) is 12.1 Å². The van der Waals surface area contributed by atoms with E-state index in [1.54, 1.807) is 6.92 Å². The van der Waals surface area contributed by atoms with Crippen LogP contribution in [0.1, 0.15) is 15.9 Å². The fraction of sp³-hybridized carbons (Fsp3) is 0.222. The summed E-state index contributed by atoms with van der Waals surface area (Å²) in [6.45, 7) is 1.55. The molecule has 0 aliphatic rings. The van der Waals surface area contributed by atoms with Gasteiger partial charge in [-0.15, -0.1) is 0 Å². The van der Waals surface area contributed by atoms with Crippen molar-refractivity contribution in [3.05, 3.63) is 38.4 Å². The number of hydrogen-bond acceptors (Lipinski definition) is 4. The van der Waals surface area contributed by atoms with Crippen LogP contribution in [0.3, 0.4) is 0 Å². The van der Waals surface area contributed by atoms with Gasteiger partial charge in [0.1, 0.15) is 5.02 Å². The Morgan fingerprint density at radius 2 is 2.13 bits per heavy atom. The number of nitro groups is 1. The van der Waals surface area contributed by atoms with E-state index in [0.717, 1.165) is 0 Å². The molecule has 0 unspecified atom stereocenters. The largest absolute Gasteiger partial charge is 0.465 e. The number of benzene rings is 1. The van der Waals surface area contributed by atoms with E-state index in [1.807, 2.05) is 0 Å². The van der Waals surface area contributed by atoms with Gasteiger partial charge in [-0.2, -0.15) is 0 Å². The zero-order chi connectivity index (χ0) is 11.6. The molecule has 0 aliphatic heterocycles. The lowest BCUT2D eigenvalue weighted by Gasteiger charge is -2.04. The molecule has 0 fully saturated rings. The molecule has 80 valence electrons. The predicted molar refractivity (Wildman–Crippen MR) is 54.2 cm³/mol. The van der Waals surface area contributed by atoms with Crippen molar-refractivity contribution in [1.82, 2.24) is 0 Å². The summed E-state index contributed by atoms with van der Waals surface area (Å²) < 4.78 is 4.45. The second-order valence-electron chi connectivity index (χ2n) is 2.84. The average Bonchev–Trinajstić information content (AvgIpc) is 2.16. The number of nitro benzene ring substituents is 1. The summed E-state index contributed by atoms with van der Waals surface area (Å²) in [6.07, 6.45) is 0. The van der Waals surface area contributed by atoms with Crippen LogP contribution in [-0.2, 0) is 4.74 Å². The number of rotatable bonds is 2. The molecule has 0 heterocycles. The van der Waals surface area contributed by atoms with Crippen molar-refractivity contribution in [1.29, 1.82) is 0 Å². The lowest BCUT2D eigenvalue weighted by Crippen LogP contribution is -2.04. The second-order valence-corrected chi connectivity index (χ2v) is 3.22. The number of ether oxygens (including phenoxy) is 1. The smallest absolute Gasteiger partial charge is 0.339 e. The van der Waals surface area contributed by atoms with Crippen molar-refractivity contribution >= 4 is 23.3 Å². The van der Waals surface area contributed by atoms with Gasteiger partial charge >= 0.3 is 5.97 Å². The average molecular weight is 230 g/mol. The Labute approximate surface area is 90.8 Å². The first-order valence-electron chi connectivity index (χ1n) is 4.00. The molecule has 0 saturated heterocycles. The molecule has 15 heavy (non-hydrogen) atoms. The van der Waals surface area contributed by atoms with Gasteiger partial charge < -0.3 is 4.74 Å². The summed E-state index contributed by atoms with van der Waals surface area (Å²) in [5.74, 6) is -0.692. The Bertz CT molecular complexity index is 430. The van der Waals surface area contributed by atoms with Gasteiger partial charge in [-0.1, -0.05) is 17.7 Å². The van der Waals surface area contributed by atoms with Crippen molar-refractivity contribution < 1.29 is 14.5 Å². The zero-order valence-electron chi connectivity index (χ0n) is 8.11. The van der Waals surface area contributed by atoms with Crippen LogP contribution in [0.5, 0.6) is 0 Å². The number of hydrogen-bond donors (Lipinski definition) is 0. The quantitative estimate of drug-likeness (QED) is 0.443. The van der Waals surface area contributed by atoms with Crippen LogP contribution >= 0.6 is 11.6 Å². The van der Waals surface area contributed by atoms with Crippen LogP contribution in [0.25, 0.3) is 0 Å². The van der Waals surface area contributed by atoms with Crippen molar-refractivity contribution in [3.63, 3.8) is 0 Å². The molecule has 6 heteroatoms. The highest BCUT2D eigenvalue weighted by molar-refractivity contribution is 6.35. The molecule has 0 radical (unpaired) electrons. The molecule has 0 atom stereocenters. The Kier molecular flexibility index (Phi) is 3.26. The summed E-state index contributed by atoms with van der Waals surface area (Å²) in [6, 6.07) is 2.85. The summed E-state index contributed by atoms with van der Waals surface area (Å²) in [7, 11) is 1.18. The van der Waals surface area contributed by atoms with Gasteiger partial charge in [0.2, 0.25) is 0 Å². The predicted octanol–water partition coefficient (Wildman–Crippen LogP) is 2.34. The van der Waals surface area contributed by atoms with Gasteiger partial charge in [0.15, 0.2) is 0 Å². The third-order valence-corrected chi connectivity index (χ3v) is 2.29. The molecule has 5 nitrogen and oxygen atoms in total. The highest BCUT2D eigenvalue weighted by Gasteiger charge is 2.23. The maximum absolute atomic E-state index is 11.2. The van der Waals surface area contributed by atoms with Gasteiger partial charge in [-0.3, -0.25) is 10.1 Å². The molecule has 0 saturated carbocycles. The Hall–Kier alpha value is -1.62. The van der Waals surface area contributed by atoms with Gasteiger partial charge in [-0.05, 0) is 13.0 Å². The van der Waals surface area contributed by atoms with E-state index in [2.05, 4.69) is 4.74 Å². The molecule has 0 spiro atoms. The fourth-order valence-corrected chi connectivity index (χ4v) is 1.51. The van der Waals surface area contributed by atoms with E-state index in [9.17, 15) is 14.9 Å². The minimum Gasteiger partial charge on any atom is -0.465 e. The van der Waals surface area contributed by atoms with Crippen LogP contribution in [0.2, 0.25) is 5.02 Å². The molecule has 0 N–H and O–H groups in total. The van der Waals surface area contributed by atoms with Gasteiger partial charge in [-0.25, -0.2) is 4.79 Å². The van der Waals surface area contributed by atoms with Crippen molar-refractivity contribution in [2.24, 2.45) is 0 Å². The highest BCUT2D eigenvalue weighted by Crippen LogP contribution is 2.31. The van der Waals surface area contributed by atoms with Crippen LogP contribution in [0.4, 0.5) is 5.69 Å². The van der Waals surface area contributed by atoms with Gasteiger partial charge in [0, 0.05) is 5.56 Å². The molecule has 0 aromatic heterocycles. The highest BCUT2D eigenvalue weighted by atomic mass is 35.5. The molecule has 1 rings (SSSR count). The standard InChI is InChI=1S/C9H8ClNO4/c1-5-3-4-6(9(12)15-2)7(10)8(5)11(13)14/h3-4H,1-2H3. The van der Waals surface area contributed by atoms with Crippen LogP contribution in [-0.4, -0.2) is 18.0 Å². The molecular weight excluding hydrogens is 222 g/mol. The summed E-state index contributed by atoms with van der Waals surface area (Å²) in [4.78, 5) is 21.2. The number of methoxy groups -OCH3 is 1. The van der Waals surface area contributed by atoms with E-state index in [-0.39, 0.29) is 16.3 Å². The normalized spacial score (nSPS) is 9.80. The Balaban J connectivity index is 3.41. The van der Waals surface area contributed by atoms with Crippen molar-refractivity contribution in [2.75, 3.05) is 7.11 Å². The lowest BCUT2D eigenvalue weighted by molar-refractivity contribution is -0.385. The first-order chi connectivity index (χ1) is 6.99. The maximum atomic E-state index is 11.2. The minimum atomic E-state index is -0.692. The Morgan fingerprint density at radius 3 is 2.60 bits per heavy atom. The first-order valence-corrected chi connectivity index (χ1v) is 4.38. The van der Waals surface area contributed by atoms with E-state index >= 15 is 0 Å². The zero-order valence-corrected chi connectivity index (χ0v) is 8.87. The van der Waals surface area contributed by atoms with E-state index < -0.39 is 10.9 Å². The number of aryl methyl sites for hydroxylation is 1. The maximum Gasteiger partial charge on any atom is 0.339 e. The summed E-state index contributed by atoms with van der Waals surface area (Å²) in [5.41, 5.74) is 0.133. The number of nitrogens with zero attached hydrogens (tertiary/aromatic N) is 1. The summed E-state index contributed by atoms with van der Waals surface area (Å²) in [5, 5.41) is 10.5.